The zero-order chi connectivity index (χ0) is 38.8. The zero-order valence-corrected chi connectivity index (χ0v) is 35.6. The number of allylic oxidation sites excluding steroid dienone is 2. The Hall–Kier alpha value is -1.44. The Kier molecular flexibility index (Phi) is 21.9. The molecule has 0 aromatic rings. The van der Waals surface area contributed by atoms with Crippen LogP contribution in [0, 0.1) is 34.0 Å². The van der Waals surface area contributed by atoms with Gasteiger partial charge < -0.3 is 19.0 Å². The van der Waals surface area contributed by atoms with E-state index in [1.54, 1.807) is 13.8 Å². The minimum absolute atomic E-state index is 0.0298. The monoisotopic (exact) mass is 710 g/mol. The van der Waals surface area contributed by atoms with Crippen LogP contribution < -0.4 is 5.90 Å². The molecule has 0 amide bonds. The summed E-state index contributed by atoms with van der Waals surface area (Å²) in [4.78, 5) is 28.1. The molecule has 2 N–H and O–H groups in total. The molecule has 0 saturated heterocycles. The minimum atomic E-state index is -0.958. The second kappa shape index (κ2) is 22.6. The fourth-order valence-electron chi connectivity index (χ4n) is 6.43. The maximum Gasteiger partial charge on any atom is 0.325 e. The molecule has 0 fully saturated rings. The van der Waals surface area contributed by atoms with Crippen LogP contribution in [0.15, 0.2) is 11.6 Å². The Labute approximate surface area is 309 Å². The number of nitrogens with two attached hydrogens (primary N) is 1. The van der Waals surface area contributed by atoms with Crippen molar-refractivity contribution in [2.24, 2.45) is 39.9 Å². The van der Waals surface area contributed by atoms with E-state index >= 15 is 0 Å². The number of carbonyl (C=O) groups is 2. The summed E-state index contributed by atoms with van der Waals surface area (Å²) in [6, 6.07) is 0. The Balaban J connectivity index is 4.56. The summed E-state index contributed by atoms with van der Waals surface area (Å²) in [7, 11) is 0. The predicted octanol–water partition coefficient (Wildman–Crippen LogP) is 11.6. The standard InChI is InChI=1S/C43H83NO6/c1-16-43(15,49-31-26-34(4)21-17-20-33(2)3)41(11,12)28-19-23-36(6)25-30-48-42(13,14)40(9,10)27-18-22-35(5)24-29-47-38(46)39(7,8)32-37(45)50-44/h20,34-36H,16-19,21-32,44H2,1-15H3. The quantitative estimate of drug-likeness (QED) is 0.0490. The van der Waals surface area contributed by atoms with Crippen molar-refractivity contribution in [2.75, 3.05) is 19.8 Å². The lowest BCUT2D eigenvalue weighted by Gasteiger charge is -2.44. The van der Waals surface area contributed by atoms with Crippen molar-refractivity contribution in [3.05, 3.63) is 11.6 Å². The lowest BCUT2D eigenvalue weighted by molar-refractivity contribution is -0.161. The van der Waals surface area contributed by atoms with Crippen molar-refractivity contribution < 1.29 is 28.6 Å². The van der Waals surface area contributed by atoms with Gasteiger partial charge in [0, 0.05) is 13.2 Å². The summed E-state index contributed by atoms with van der Waals surface area (Å²) in [6.07, 6.45) is 15.5. The van der Waals surface area contributed by atoms with Gasteiger partial charge in [0.15, 0.2) is 0 Å². The highest BCUT2D eigenvalue weighted by atomic mass is 16.7. The van der Waals surface area contributed by atoms with Gasteiger partial charge in [-0.2, -0.15) is 5.90 Å². The van der Waals surface area contributed by atoms with Crippen molar-refractivity contribution >= 4 is 11.9 Å². The van der Waals surface area contributed by atoms with E-state index in [9.17, 15) is 9.59 Å². The normalized spacial score (nSPS) is 15.9. The van der Waals surface area contributed by atoms with Crippen molar-refractivity contribution in [3.63, 3.8) is 0 Å². The number of esters is 1. The topological polar surface area (TPSA) is 97.1 Å². The molecule has 7 heteroatoms. The molecule has 0 rings (SSSR count). The van der Waals surface area contributed by atoms with Crippen LogP contribution in [0.4, 0.5) is 0 Å². The first kappa shape index (κ1) is 48.6. The number of hydrogen-bond donors (Lipinski definition) is 1. The van der Waals surface area contributed by atoms with Gasteiger partial charge >= 0.3 is 11.9 Å². The fourth-order valence-corrected chi connectivity index (χ4v) is 6.43. The molecule has 0 aliphatic carbocycles. The second-order valence-electron chi connectivity index (χ2n) is 18.6. The second-order valence-corrected chi connectivity index (χ2v) is 18.6. The molecular formula is C43H83NO6. The van der Waals surface area contributed by atoms with Gasteiger partial charge in [-0.15, -0.1) is 0 Å². The van der Waals surface area contributed by atoms with Gasteiger partial charge in [-0.1, -0.05) is 92.7 Å². The molecule has 7 nitrogen and oxygen atoms in total. The summed E-state index contributed by atoms with van der Waals surface area (Å²) in [6.45, 7) is 35.1. The summed E-state index contributed by atoms with van der Waals surface area (Å²) in [5.74, 6) is 5.63. The largest absolute Gasteiger partial charge is 0.465 e. The molecule has 4 atom stereocenters. The maximum absolute atomic E-state index is 12.4. The van der Waals surface area contributed by atoms with Crippen molar-refractivity contribution in [2.45, 2.75) is 199 Å². The average Bonchev–Trinajstić information content (AvgIpc) is 2.99. The van der Waals surface area contributed by atoms with Crippen LogP contribution in [0.1, 0.15) is 187 Å². The third-order valence-electron chi connectivity index (χ3n) is 12.2. The van der Waals surface area contributed by atoms with Crippen molar-refractivity contribution in [1.82, 2.24) is 0 Å². The molecular weight excluding hydrogens is 626 g/mol. The van der Waals surface area contributed by atoms with Crippen LogP contribution in [0.3, 0.4) is 0 Å². The first-order valence-corrected chi connectivity index (χ1v) is 19.9. The molecule has 296 valence electrons. The lowest BCUT2D eigenvalue weighted by atomic mass is 9.70. The van der Waals surface area contributed by atoms with E-state index in [0.29, 0.717) is 24.4 Å². The van der Waals surface area contributed by atoms with E-state index in [1.807, 2.05) is 0 Å². The fraction of sp³-hybridized carbons (Fsp3) is 0.907. The van der Waals surface area contributed by atoms with Gasteiger partial charge in [-0.05, 0) is 128 Å². The highest BCUT2D eigenvalue weighted by Crippen LogP contribution is 2.42. The third kappa shape index (κ3) is 18.4. The SMILES string of the molecule is CCC(C)(OCCC(C)CCC=C(C)C)C(C)(C)CCCC(C)CCOC(C)(C)C(C)(C)CCCC(C)CCOC(=O)C(C)(C)CC(=O)ON. The van der Waals surface area contributed by atoms with Gasteiger partial charge in [0.1, 0.15) is 0 Å². The summed E-state index contributed by atoms with van der Waals surface area (Å²) >= 11 is 0. The van der Waals surface area contributed by atoms with Gasteiger partial charge in [-0.3, -0.25) is 9.59 Å². The molecule has 0 saturated carbocycles. The summed E-state index contributed by atoms with van der Waals surface area (Å²) < 4.78 is 18.7. The van der Waals surface area contributed by atoms with Crippen LogP contribution in [-0.4, -0.2) is 43.0 Å². The molecule has 0 heterocycles. The number of ether oxygens (including phenoxy) is 3. The van der Waals surface area contributed by atoms with E-state index in [0.717, 1.165) is 58.2 Å². The zero-order valence-electron chi connectivity index (χ0n) is 35.6. The van der Waals surface area contributed by atoms with Crippen LogP contribution in [0.25, 0.3) is 0 Å². The molecule has 0 spiro atoms. The van der Waals surface area contributed by atoms with Crippen molar-refractivity contribution in [1.29, 1.82) is 0 Å². The van der Waals surface area contributed by atoms with Gasteiger partial charge in [0.2, 0.25) is 0 Å². The molecule has 0 radical (unpaired) electrons. The Morgan fingerprint density at radius 3 is 1.66 bits per heavy atom. The van der Waals surface area contributed by atoms with Crippen LogP contribution >= 0.6 is 0 Å². The van der Waals surface area contributed by atoms with E-state index < -0.39 is 17.4 Å². The summed E-state index contributed by atoms with van der Waals surface area (Å²) in [5, 5.41) is 0. The Morgan fingerprint density at radius 1 is 0.680 bits per heavy atom. The Morgan fingerprint density at radius 2 is 1.16 bits per heavy atom. The lowest BCUT2D eigenvalue weighted by Crippen LogP contribution is -2.44. The molecule has 0 aliphatic rings. The highest BCUT2D eigenvalue weighted by Gasteiger charge is 2.40. The molecule has 0 bridgehead atoms. The predicted molar refractivity (Wildman–Crippen MR) is 210 cm³/mol. The first-order chi connectivity index (χ1) is 22.9. The molecule has 0 aliphatic heterocycles. The van der Waals surface area contributed by atoms with Crippen LogP contribution in [0.5, 0.6) is 0 Å². The number of rotatable bonds is 28. The first-order valence-electron chi connectivity index (χ1n) is 19.9. The van der Waals surface area contributed by atoms with Gasteiger partial charge in [0.05, 0.1) is 29.6 Å². The van der Waals surface area contributed by atoms with Crippen LogP contribution in [-0.2, 0) is 28.6 Å². The average molecular weight is 710 g/mol. The summed E-state index contributed by atoms with van der Waals surface area (Å²) in [5.41, 5.74) is 0.261. The minimum Gasteiger partial charge on any atom is -0.465 e. The van der Waals surface area contributed by atoms with Gasteiger partial charge in [0.25, 0.3) is 0 Å². The third-order valence-corrected chi connectivity index (χ3v) is 12.2. The van der Waals surface area contributed by atoms with E-state index in [4.69, 9.17) is 20.1 Å². The molecule has 4 unspecified atom stereocenters. The Bertz CT molecular complexity index is 995. The highest BCUT2D eigenvalue weighted by molar-refractivity contribution is 5.82. The van der Waals surface area contributed by atoms with Crippen molar-refractivity contribution in [3.8, 4) is 0 Å². The molecule has 50 heavy (non-hydrogen) atoms. The maximum atomic E-state index is 12.4. The van der Waals surface area contributed by atoms with Crippen LogP contribution in [0.2, 0.25) is 0 Å². The molecule has 0 aromatic carbocycles. The number of hydrogen-bond acceptors (Lipinski definition) is 7. The molecule has 0 aromatic heterocycles. The van der Waals surface area contributed by atoms with Gasteiger partial charge in [-0.25, -0.2) is 0 Å². The van der Waals surface area contributed by atoms with E-state index in [-0.39, 0.29) is 28.5 Å². The van der Waals surface area contributed by atoms with E-state index in [1.165, 1.54) is 37.7 Å². The van der Waals surface area contributed by atoms with E-state index in [2.05, 4.69) is 101 Å². The number of carbonyl (C=O) groups excluding carboxylic acids is 2. The smallest absolute Gasteiger partial charge is 0.325 e.